The molecule has 3 aromatic carbocycles. The summed E-state index contributed by atoms with van der Waals surface area (Å²) in [4.78, 5) is 0. The summed E-state index contributed by atoms with van der Waals surface area (Å²) < 4.78 is 1.89. The van der Waals surface area contributed by atoms with Gasteiger partial charge in [-0.3, -0.25) is 5.41 Å². The lowest BCUT2D eigenvalue weighted by Crippen LogP contribution is -2.03. The lowest BCUT2D eigenvalue weighted by molar-refractivity contribution is 0.884. The Bertz CT molecular complexity index is 1070. The minimum Gasteiger partial charge on any atom is -0.379 e. The smallest absolute Gasteiger partial charge is 0.151 e. The van der Waals surface area contributed by atoms with Crippen molar-refractivity contribution >= 4 is 16.9 Å². The summed E-state index contributed by atoms with van der Waals surface area (Å²) in [6.07, 6.45) is 2.02. The first kappa shape index (κ1) is 18.1. The summed E-state index contributed by atoms with van der Waals surface area (Å²) in [6, 6.07) is 28.8. The fourth-order valence-corrected chi connectivity index (χ4v) is 3.60. The zero-order chi connectivity index (χ0) is 19.3. The summed E-state index contributed by atoms with van der Waals surface area (Å²) >= 11 is 1.31. The van der Waals surface area contributed by atoms with Crippen molar-refractivity contribution in [3.63, 3.8) is 0 Å². The maximum absolute atomic E-state index is 7.53. The van der Waals surface area contributed by atoms with Crippen LogP contribution >= 0.6 is 11.8 Å². The molecule has 0 saturated heterocycles. The molecule has 1 aromatic heterocycles. The van der Waals surface area contributed by atoms with E-state index in [-0.39, 0.29) is 5.17 Å². The molecule has 0 spiro atoms. The number of nitrogens with two attached hydrogens (primary N) is 1. The van der Waals surface area contributed by atoms with Crippen LogP contribution in [0.5, 0.6) is 0 Å². The molecule has 3 N–H and O–H groups in total. The highest BCUT2D eigenvalue weighted by molar-refractivity contribution is 8.13. The molecule has 0 aliphatic carbocycles. The van der Waals surface area contributed by atoms with Gasteiger partial charge in [0.05, 0.1) is 11.4 Å². The van der Waals surface area contributed by atoms with Crippen molar-refractivity contribution in [3.05, 3.63) is 96.7 Å². The van der Waals surface area contributed by atoms with Crippen LogP contribution in [0, 0.1) is 5.41 Å². The van der Waals surface area contributed by atoms with Crippen molar-refractivity contribution in [2.24, 2.45) is 5.73 Å². The Kier molecular flexibility index (Phi) is 5.26. The standard InChI is InChI=1S/C23H20N4S/c24-23(25)28-16-20-15-27(21-9-5-2-6-10-21)26-22(20)19-13-11-18(12-14-19)17-7-3-1-4-8-17/h1-15H,16H2,(H3,24,25). The first-order valence-electron chi connectivity index (χ1n) is 8.97. The summed E-state index contributed by atoms with van der Waals surface area (Å²) in [7, 11) is 0. The number of thioether (sulfide) groups is 1. The Balaban J connectivity index is 1.71. The van der Waals surface area contributed by atoms with E-state index < -0.39 is 0 Å². The largest absolute Gasteiger partial charge is 0.379 e. The Labute approximate surface area is 168 Å². The second-order valence-corrected chi connectivity index (χ2v) is 7.40. The summed E-state index contributed by atoms with van der Waals surface area (Å²) in [5.74, 6) is 0.609. The number of rotatable bonds is 5. The highest BCUT2D eigenvalue weighted by Gasteiger charge is 2.13. The second-order valence-electron chi connectivity index (χ2n) is 6.38. The molecule has 28 heavy (non-hydrogen) atoms. The molecule has 0 atom stereocenters. The molecule has 1 heterocycles. The normalized spacial score (nSPS) is 10.7. The van der Waals surface area contributed by atoms with E-state index in [2.05, 4.69) is 36.4 Å². The van der Waals surface area contributed by atoms with Crippen molar-refractivity contribution in [3.8, 4) is 28.1 Å². The first-order valence-corrected chi connectivity index (χ1v) is 9.96. The molecular weight excluding hydrogens is 364 g/mol. The van der Waals surface area contributed by atoms with Gasteiger partial charge in [-0.25, -0.2) is 4.68 Å². The Morgan fingerprint density at radius 2 is 1.39 bits per heavy atom. The minimum absolute atomic E-state index is 0.109. The number of hydrogen-bond donors (Lipinski definition) is 2. The van der Waals surface area contributed by atoms with E-state index in [0.717, 1.165) is 22.5 Å². The van der Waals surface area contributed by atoms with Crippen LogP contribution in [0.3, 0.4) is 0 Å². The molecule has 0 saturated carbocycles. The van der Waals surface area contributed by atoms with Crippen LogP contribution in [0.15, 0.2) is 91.1 Å². The van der Waals surface area contributed by atoms with Crippen LogP contribution in [0.25, 0.3) is 28.1 Å². The summed E-state index contributed by atoms with van der Waals surface area (Å²) in [6.45, 7) is 0. The maximum Gasteiger partial charge on any atom is 0.151 e. The second kappa shape index (κ2) is 8.15. The van der Waals surface area contributed by atoms with Crippen molar-refractivity contribution in [2.75, 3.05) is 0 Å². The van der Waals surface area contributed by atoms with Crippen LogP contribution in [0.2, 0.25) is 0 Å². The van der Waals surface area contributed by atoms with Gasteiger partial charge in [-0.05, 0) is 23.3 Å². The Morgan fingerprint density at radius 3 is 2.04 bits per heavy atom. The van der Waals surface area contributed by atoms with Gasteiger partial charge in [-0.15, -0.1) is 0 Å². The van der Waals surface area contributed by atoms with Gasteiger partial charge in [0.15, 0.2) is 5.17 Å². The van der Waals surface area contributed by atoms with Crippen LogP contribution in [-0.4, -0.2) is 14.9 Å². The highest BCUT2D eigenvalue weighted by Crippen LogP contribution is 2.29. The van der Waals surface area contributed by atoms with Gasteiger partial charge in [0, 0.05) is 23.1 Å². The van der Waals surface area contributed by atoms with Crippen LogP contribution < -0.4 is 5.73 Å². The van der Waals surface area contributed by atoms with Crippen LogP contribution in [-0.2, 0) is 5.75 Å². The van der Waals surface area contributed by atoms with E-state index in [4.69, 9.17) is 16.2 Å². The van der Waals surface area contributed by atoms with Crippen molar-refractivity contribution < 1.29 is 0 Å². The van der Waals surface area contributed by atoms with Crippen molar-refractivity contribution in [1.29, 1.82) is 5.41 Å². The van der Waals surface area contributed by atoms with Gasteiger partial charge in [0.2, 0.25) is 0 Å². The maximum atomic E-state index is 7.53. The number of amidine groups is 1. The van der Waals surface area contributed by atoms with E-state index >= 15 is 0 Å². The average molecular weight is 385 g/mol. The van der Waals surface area contributed by atoms with Crippen LogP contribution in [0.1, 0.15) is 5.56 Å². The Morgan fingerprint density at radius 1 is 0.821 bits per heavy atom. The number of nitrogens with zero attached hydrogens (tertiary/aromatic N) is 2. The highest BCUT2D eigenvalue weighted by atomic mass is 32.2. The topological polar surface area (TPSA) is 67.7 Å². The molecule has 0 fully saturated rings. The predicted molar refractivity (Wildman–Crippen MR) is 118 cm³/mol. The molecule has 0 amide bonds. The monoisotopic (exact) mass is 384 g/mol. The number of benzene rings is 3. The van der Waals surface area contributed by atoms with Gasteiger partial charge in [-0.2, -0.15) is 5.10 Å². The molecule has 4 aromatic rings. The Hall–Kier alpha value is -3.31. The molecule has 5 heteroatoms. The van der Waals surface area contributed by atoms with Gasteiger partial charge < -0.3 is 5.73 Å². The molecule has 4 rings (SSSR count). The molecule has 0 aliphatic rings. The van der Waals surface area contributed by atoms with Gasteiger partial charge >= 0.3 is 0 Å². The quantitative estimate of drug-likeness (QED) is 0.361. The predicted octanol–water partition coefficient (Wildman–Crippen LogP) is 5.33. The number of hydrogen-bond acceptors (Lipinski definition) is 3. The van der Waals surface area contributed by atoms with E-state index in [0.29, 0.717) is 5.75 Å². The molecule has 4 nitrogen and oxygen atoms in total. The summed E-state index contributed by atoms with van der Waals surface area (Å²) in [5, 5.41) is 12.5. The van der Waals surface area contributed by atoms with Crippen molar-refractivity contribution in [1.82, 2.24) is 9.78 Å². The fourth-order valence-electron chi connectivity index (χ4n) is 3.08. The lowest BCUT2D eigenvalue weighted by Gasteiger charge is -2.05. The molecule has 0 bridgehead atoms. The molecule has 0 aliphatic heterocycles. The van der Waals surface area contributed by atoms with E-state index in [1.165, 1.54) is 22.9 Å². The average Bonchev–Trinajstić information content (AvgIpc) is 3.18. The zero-order valence-corrected chi connectivity index (χ0v) is 16.1. The van der Waals surface area contributed by atoms with Gasteiger partial charge in [0.25, 0.3) is 0 Å². The fraction of sp³-hybridized carbons (Fsp3) is 0.0435. The number of aromatic nitrogens is 2. The summed E-state index contributed by atoms with van der Waals surface area (Å²) in [5.41, 5.74) is 11.9. The number of nitrogens with one attached hydrogen (secondary N) is 1. The molecule has 138 valence electrons. The van der Waals surface area contributed by atoms with E-state index in [1.54, 1.807) is 0 Å². The molecule has 0 radical (unpaired) electrons. The van der Waals surface area contributed by atoms with E-state index in [1.807, 2.05) is 59.4 Å². The van der Waals surface area contributed by atoms with E-state index in [9.17, 15) is 0 Å². The van der Waals surface area contributed by atoms with Crippen molar-refractivity contribution in [2.45, 2.75) is 5.75 Å². The molecular formula is C23H20N4S. The SMILES string of the molecule is N=C(N)SCc1cn(-c2ccccc2)nc1-c1ccc(-c2ccccc2)cc1. The third-order valence-corrected chi connectivity index (χ3v) is 5.23. The molecule has 0 unspecified atom stereocenters. The van der Waals surface area contributed by atoms with Crippen LogP contribution in [0.4, 0.5) is 0 Å². The van der Waals surface area contributed by atoms with Gasteiger partial charge in [0.1, 0.15) is 0 Å². The lowest BCUT2D eigenvalue weighted by atomic mass is 10.0. The third kappa shape index (κ3) is 4.00. The minimum atomic E-state index is 0.109. The third-order valence-electron chi connectivity index (χ3n) is 4.46. The first-order chi connectivity index (χ1) is 13.7. The zero-order valence-electron chi connectivity index (χ0n) is 15.2. The number of para-hydroxylation sites is 1. The van der Waals surface area contributed by atoms with Gasteiger partial charge in [-0.1, -0.05) is 84.6 Å².